The lowest BCUT2D eigenvalue weighted by atomic mass is 9.68. The van der Waals surface area contributed by atoms with Gasteiger partial charge in [-0.05, 0) is 61.2 Å². The van der Waals surface area contributed by atoms with E-state index >= 15 is 0 Å². The van der Waals surface area contributed by atoms with Crippen LogP contribution in [0.3, 0.4) is 0 Å². The fourth-order valence-electron chi connectivity index (χ4n) is 2.91. The average molecular weight is 268 g/mol. The molecule has 3 nitrogen and oxygen atoms in total. The summed E-state index contributed by atoms with van der Waals surface area (Å²) < 4.78 is 0. The first-order valence-corrected chi connectivity index (χ1v) is 6.67. The highest BCUT2D eigenvalue weighted by Gasteiger charge is 2.39. The minimum absolute atomic E-state index is 0.0736. The molecule has 2 aromatic rings. The molecule has 0 fully saturated rings. The number of carbonyl (C=O) groups is 1. The summed E-state index contributed by atoms with van der Waals surface area (Å²) >= 11 is 0. The first-order valence-electron chi connectivity index (χ1n) is 6.67. The van der Waals surface area contributed by atoms with Gasteiger partial charge in [0.2, 0.25) is 0 Å². The van der Waals surface area contributed by atoms with Crippen LogP contribution in [0.25, 0.3) is 0 Å². The Morgan fingerprint density at radius 2 is 1.65 bits per heavy atom. The van der Waals surface area contributed by atoms with Crippen LogP contribution in [0.2, 0.25) is 0 Å². The highest BCUT2D eigenvalue weighted by Crippen LogP contribution is 2.39. The third kappa shape index (κ3) is 1.86. The second-order valence-corrected chi connectivity index (χ2v) is 5.55. The molecule has 1 aliphatic rings. The van der Waals surface area contributed by atoms with Gasteiger partial charge in [-0.1, -0.05) is 12.1 Å². The van der Waals surface area contributed by atoms with Crippen molar-refractivity contribution in [2.24, 2.45) is 0 Å². The summed E-state index contributed by atoms with van der Waals surface area (Å²) in [5, 5.41) is 18.9. The fraction of sp³-hybridized carbons (Fsp3) is 0.235. The van der Waals surface area contributed by atoms with Crippen LogP contribution in [-0.2, 0) is 11.8 Å². The van der Waals surface area contributed by atoms with Crippen molar-refractivity contribution < 1.29 is 15.0 Å². The summed E-state index contributed by atoms with van der Waals surface area (Å²) in [4.78, 5) is 12.8. The zero-order chi connectivity index (χ0) is 14.3. The second kappa shape index (κ2) is 4.37. The second-order valence-electron chi connectivity index (χ2n) is 5.55. The maximum absolute atomic E-state index is 12.8. The molecule has 2 aromatic carbocycles. The SMILES string of the molecule is CC1(c2ccc(O)cc2)CCc2cc(O)ccc2C1=O. The van der Waals surface area contributed by atoms with Gasteiger partial charge < -0.3 is 10.2 Å². The van der Waals surface area contributed by atoms with Gasteiger partial charge in [-0.25, -0.2) is 0 Å². The zero-order valence-corrected chi connectivity index (χ0v) is 11.3. The van der Waals surface area contributed by atoms with Crippen molar-refractivity contribution in [1.29, 1.82) is 0 Å². The van der Waals surface area contributed by atoms with E-state index in [0.29, 0.717) is 12.0 Å². The maximum Gasteiger partial charge on any atom is 0.173 e. The molecule has 0 bridgehead atoms. The highest BCUT2D eigenvalue weighted by atomic mass is 16.3. The normalized spacial score (nSPS) is 21.6. The molecule has 0 saturated heterocycles. The maximum atomic E-state index is 12.8. The number of fused-ring (bicyclic) bond motifs is 1. The van der Waals surface area contributed by atoms with Gasteiger partial charge in [0.15, 0.2) is 5.78 Å². The Balaban J connectivity index is 2.06. The number of aromatic hydroxyl groups is 2. The van der Waals surface area contributed by atoms with Crippen LogP contribution in [0.15, 0.2) is 42.5 Å². The fourth-order valence-corrected chi connectivity index (χ4v) is 2.91. The number of Topliss-reactive ketones (excluding diaryl/α,β-unsaturated/α-hetero) is 1. The Morgan fingerprint density at radius 1 is 1.00 bits per heavy atom. The monoisotopic (exact) mass is 268 g/mol. The van der Waals surface area contributed by atoms with Crippen molar-refractivity contribution >= 4 is 5.78 Å². The summed E-state index contributed by atoms with van der Waals surface area (Å²) in [6.07, 6.45) is 1.46. The Labute approximate surface area is 117 Å². The van der Waals surface area contributed by atoms with Gasteiger partial charge in [-0.15, -0.1) is 0 Å². The Hall–Kier alpha value is -2.29. The van der Waals surface area contributed by atoms with Crippen molar-refractivity contribution in [3.63, 3.8) is 0 Å². The van der Waals surface area contributed by atoms with Gasteiger partial charge in [-0.2, -0.15) is 0 Å². The van der Waals surface area contributed by atoms with E-state index in [1.807, 2.05) is 6.92 Å². The van der Waals surface area contributed by atoms with Gasteiger partial charge in [0, 0.05) is 5.56 Å². The third-order valence-electron chi connectivity index (χ3n) is 4.23. The lowest BCUT2D eigenvalue weighted by Gasteiger charge is -2.33. The van der Waals surface area contributed by atoms with E-state index in [1.54, 1.807) is 42.5 Å². The number of ketones is 1. The molecule has 3 rings (SSSR count). The van der Waals surface area contributed by atoms with Crippen LogP contribution in [0.5, 0.6) is 11.5 Å². The summed E-state index contributed by atoms with van der Waals surface area (Å²) in [5.41, 5.74) is 1.94. The molecular weight excluding hydrogens is 252 g/mol. The minimum Gasteiger partial charge on any atom is -0.508 e. The molecule has 0 radical (unpaired) electrons. The van der Waals surface area contributed by atoms with Gasteiger partial charge in [0.05, 0.1) is 5.41 Å². The third-order valence-corrected chi connectivity index (χ3v) is 4.23. The van der Waals surface area contributed by atoms with Gasteiger partial charge in [0.25, 0.3) is 0 Å². The number of aryl methyl sites for hydroxylation is 1. The molecular formula is C17H16O3. The van der Waals surface area contributed by atoms with E-state index in [4.69, 9.17) is 0 Å². The van der Waals surface area contributed by atoms with E-state index in [1.165, 1.54) is 0 Å². The predicted molar refractivity (Wildman–Crippen MR) is 76.2 cm³/mol. The standard InChI is InChI=1S/C17H16O3/c1-17(12-2-4-13(18)5-3-12)9-8-11-10-14(19)6-7-15(11)16(17)20/h2-7,10,18-19H,8-9H2,1H3. The summed E-state index contributed by atoms with van der Waals surface area (Å²) in [6, 6.07) is 11.8. The van der Waals surface area contributed by atoms with Gasteiger partial charge in [0.1, 0.15) is 11.5 Å². The van der Waals surface area contributed by atoms with E-state index in [9.17, 15) is 15.0 Å². The van der Waals surface area contributed by atoms with Crippen molar-refractivity contribution in [2.75, 3.05) is 0 Å². The number of benzene rings is 2. The molecule has 0 aromatic heterocycles. The molecule has 1 aliphatic carbocycles. The molecule has 0 amide bonds. The largest absolute Gasteiger partial charge is 0.508 e. The first kappa shape index (κ1) is 12.7. The molecule has 1 unspecified atom stereocenters. The number of carbonyl (C=O) groups excluding carboxylic acids is 1. The summed E-state index contributed by atoms with van der Waals surface area (Å²) in [6.45, 7) is 1.94. The molecule has 0 saturated carbocycles. The van der Waals surface area contributed by atoms with Crippen LogP contribution in [0.4, 0.5) is 0 Å². The topological polar surface area (TPSA) is 57.5 Å². The zero-order valence-electron chi connectivity index (χ0n) is 11.3. The molecule has 1 atom stereocenters. The van der Waals surface area contributed by atoms with Crippen LogP contribution in [0.1, 0.15) is 34.8 Å². The lowest BCUT2D eigenvalue weighted by Crippen LogP contribution is -2.37. The minimum atomic E-state index is -0.572. The van der Waals surface area contributed by atoms with Gasteiger partial charge in [-0.3, -0.25) is 4.79 Å². The van der Waals surface area contributed by atoms with Crippen LogP contribution < -0.4 is 0 Å². The summed E-state index contributed by atoms with van der Waals surface area (Å²) in [5.74, 6) is 0.472. The number of hydrogen-bond donors (Lipinski definition) is 2. The lowest BCUT2D eigenvalue weighted by molar-refractivity contribution is 0.0875. The molecule has 0 aliphatic heterocycles. The van der Waals surface area contributed by atoms with Crippen molar-refractivity contribution in [2.45, 2.75) is 25.2 Å². The number of hydrogen-bond acceptors (Lipinski definition) is 3. The molecule has 102 valence electrons. The number of rotatable bonds is 1. The summed E-state index contributed by atoms with van der Waals surface area (Å²) in [7, 11) is 0. The van der Waals surface area contributed by atoms with E-state index in [2.05, 4.69) is 0 Å². The van der Waals surface area contributed by atoms with E-state index in [0.717, 1.165) is 17.5 Å². The smallest absolute Gasteiger partial charge is 0.173 e. The van der Waals surface area contributed by atoms with Crippen LogP contribution in [-0.4, -0.2) is 16.0 Å². The quantitative estimate of drug-likeness (QED) is 0.835. The van der Waals surface area contributed by atoms with Crippen molar-refractivity contribution in [3.8, 4) is 11.5 Å². The Morgan fingerprint density at radius 3 is 2.35 bits per heavy atom. The number of phenols is 2. The molecule has 0 spiro atoms. The van der Waals surface area contributed by atoms with E-state index < -0.39 is 5.41 Å². The van der Waals surface area contributed by atoms with Crippen LogP contribution >= 0.6 is 0 Å². The molecule has 2 N–H and O–H groups in total. The molecule has 0 heterocycles. The van der Waals surface area contributed by atoms with Crippen molar-refractivity contribution in [3.05, 3.63) is 59.2 Å². The Bertz CT molecular complexity index is 673. The Kier molecular flexibility index (Phi) is 2.78. The van der Waals surface area contributed by atoms with Gasteiger partial charge >= 0.3 is 0 Å². The highest BCUT2D eigenvalue weighted by molar-refractivity contribution is 6.06. The molecule has 3 heteroatoms. The first-order chi connectivity index (χ1) is 9.50. The average Bonchev–Trinajstić information content (AvgIpc) is 2.44. The predicted octanol–water partition coefficient (Wildman–Crippen LogP) is 3.18. The number of phenolic OH excluding ortho intramolecular Hbond substituents is 2. The van der Waals surface area contributed by atoms with Crippen LogP contribution in [0, 0.1) is 0 Å². The van der Waals surface area contributed by atoms with Crippen molar-refractivity contribution in [1.82, 2.24) is 0 Å². The van der Waals surface area contributed by atoms with E-state index in [-0.39, 0.29) is 17.3 Å². The molecule has 20 heavy (non-hydrogen) atoms.